The Morgan fingerprint density at radius 2 is 1.84 bits per heavy atom. The van der Waals surface area contributed by atoms with Crippen molar-refractivity contribution in [2.45, 2.75) is 6.42 Å². The Bertz CT molecular complexity index is 1110. The van der Waals surface area contributed by atoms with Gasteiger partial charge >= 0.3 is 0 Å². The molecule has 10 nitrogen and oxygen atoms in total. The summed E-state index contributed by atoms with van der Waals surface area (Å²) in [7, 11) is 0. The number of non-ortho nitro benzene ring substituents is 1. The third kappa shape index (κ3) is 4.47. The van der Waals surface area contributed by atoms with Gasteiger partial charge in [-0.2, -0.15) is 5.10 Å². The fraction of sp³-hybridized carbons (Fsp3) is 0.286. The molecule has 0 saturated carbocycles. The Morgan fingerprint density at radius 3 is 2.55 bits per heavy atom. The standard InChI is InChI=1S/C21H22N6O4/c28-19(26-12-10-25(11-13-26)15-4-2-1-3-5-15)8-9-22-21(29)20-17-14-16(27(30)31)6-7-18(17)23-24-20/h1-7,14H,8-13H2,(H,22,29)(H,23,24). The number of aromatic nitrogens is 2. The molecule has 1 aromatic heterocycles. The zero-order valence-electron chi connectivity index (χ0n) is 16.8. The number of H-pyrrole nitrogens is 1. The Morgan fingerprint density at radius 1 is 1.10 bits per heavy atom. The van der Waals surface area contributed by atoms with E-state index in [-0.39, 0.29) is 30.3 Å². The summed E-state index contributed by atoms with van der Waals surface area (Å²) in [4.78, 5) is 39.5. The molecule has 1 fully saturated rings. The van der Waals surface area contributed by atoms with Gasteiger partial charge in [0.25, 0.3) is 11.6 Å². The third-order valence-corrected chi connectivity index (χ3v) is 5.35. The van der Waals surface area contributed by atoms with E-state index in [0.717, 1.165) is 18.8 Å². The van der Waals surface area contributed by atoms with E-state index in [2.05, 4.69) is 32.5 Å². The number of hydrogen-bond donors (Lipinski definition) is 2. The topological polar surface area (TPSA) is 124 Å². The lowest BCUT2D eigenvalue weighted by molar-refractivity contribution is -0.384. The van der Waals surface area contributed by atoms with E-state index >= 15 is 0 Å². The van der Waals surface area contributed by atoms with Gasteiger partial charge in [0.05, 0.1) is 10.4 Å². The number of nitrogens with zero attached hydrogens (tertiary/aromatic N) is 4. The van der Waals surface area contributed by atoms with Crippen molar-refractivity contribution in [3.05, 3.63) is 64.3 Å². The number of benzene rings is 2. The predicted molar refractivity (Wildman–Crippen MR) is 115 cm³/mol. The van der Waals surface area contributed by atoms with Gasteiger partial charge in [0, 0.05) is 62.4 Å². The highest BCUT2D eigenvalue weighted by Crippen LogP contribution is 2.22. The molecule has 0 atom stereocenters. The summed E-state index contributed by atoms with van der Waals surface area (Å²) in [5.74, 6) is -0.496. The second kappa shape index (κ2) is 8.82. The van der Waals surface area contributed by atoms with Crippen molar-refractivity contribution in [3.63, 3.8) is 0 Å². The average Bonchev–Trinajstić information content (AvgIpc) is 3.23. The maximum absolute atomic E-state index is 12.5. The molecule has 31 heavy (non-hydrogen) atoms. The van der Waals surface area contributed by atoms with Crippen LogP contribution in [-0.4, -0.2) is 64.6 Å². The third-order valence-electron chi connectivity index (χ3n) is 5.35. The van der Waals surface area contributed by atoms with Crippen LogP contribution in [-0.2, 0) is 4.79 Å². The van der Waals surface area contributed by atoms with E-state index in [9.17, 15) is 19.7 Å². The fourth-order valence-corrected chi connectivity index (χ4v) is 3.67. The molecule has 0 aliphatic carbocycles. The summed E-state index contributed by atoms with van der Waals surface area (Å²) in [5.41, 5.74) is 1.63. The van der Waals surface area contributed by atoms with Gasteiger partial charge < -0.3 is 15.1 Å². The van der Waals surface area contributed by atoms with Gasteiger partial charge in [0.2, 0.25) is 5.91 Å². The predicted octanol–water partition coefficient (Wildman–Crippen LogP) is 1.94. The van der Waals surface area contributed by atoms with E-state index in [1.54, 1.807) is 4.90 Å². The summed E-state index contributed by atoms with van der Waals surface area (Å²) in [6.07, 6.45) is 0.180. The molecule has 2 heterocycles. The summed E-state index contributed by atoms with van der Waals surface area (Å²) in [5, 5.41) is 20.7. The Kier molecular flexibility index (Phi) is 5.78. The van der Waals surface area contributed by atoms with Crippen molar-refractivity contribution in [1.82, 2.24) is 20.4 Å². The average molecular weight is 422 g/mol. The first-order valence-electron chi connectivity index (χ1n) is 10.0. The second-order valence-electron chi connectivity index (χ2n) is 7.27. The van der Waals surface area contributed by atoms with Crippen LogP contribution in [0.1, 0.15) is 16.9 Å². The largest absolute Gasteiger partial charge is 0.368 e. The van der Waals surface area contributed by atoms with Gasteiger partial charge in [-0.05, 0) is 18.2 Å². The number of fused-ring (bicyclic) bond motifs is 1. The minimum absolute atomic E-state index is 0.0180. The van der Waals surface area contributed by atoms with Crippen molar-refractivity contribution in [1.29, 1.82) is 0 Å². The van der Waals surface area contributed by atoms with E-state index in [1.165, 1.54) is 18.2 Å². The molecule has 1 aliphatic rings. The maximum atomic E-state index is 12.5. The molecular formula is C21H22N6O4. The number of rotatable bonds is 6. The van der Waals surface area contributed by atoms with Gasteiger partial charge in [-0.3, -0.25) is 24.8 Å². The van der Waals surface area contributed by atoms with Crippen LogP contribution in [0.5, 0.6) is 0 Å². The van der Waals surface area contributed by atoms with Gasteiger partial charge in [-0.15, -0.1) is 0 Å². The maximum Gasteiger partial charge on any atom is 0.272 e. The number of para-hydroxylation sites is 1. The Hall–Kier alpha value is -3.95. The number of carbonyl (C=O) groups is 2. The quantitative estimate of drug-likeness (QED) is 0.462. The molecule has 0 radical (unpaired) electrons. The molecule has 4 rings (SSSR count). The second-order valence-corrected chi connectivity index (χ2v) is 7.27. The molecule has 2 aromatic carbocycles. The van der Waals surface area contributed by atoms with Gasteiger partial charge in [0.15, 0.2) is 5.69 Å². The van der Waals surface area contributed by atoms with Gasteiger partial charge in [-0.25, -0.2) is 0 Å². The molecule has 2 N–H and O–H groups in total. The smallest absolute Gasteiger partial charge is 0.272 e. The zero-order chi connectivity index (χ0) is 21.8. The molecule has 160 valence electrons. The monoisotopic (exact) mass is 422 g/mol. The molecule has 3 aromatic rings. The van der Waals surface area contributed by atoms with Crippen LogP contribution in [0.4, 0.5) is 11.4 Å². The van der Waals surface area contributed by atoms with Crippen molar-refractivity contribution < 1.29 is 14.5 Å². The minimum atomic E-state index is -0.523. The van der Waals surface area contributed by atoms with Crippen LogP contribution >= 0.6 is 0 Å². The molecule has 1 saturated heterocycles. The van der Waals surface area contributed by atoms with E-state index in [0.29, 0.717) is 24.0 Å². The Labute approximate surface area is 178 Å². The first kappa shape index (κ1) is 20.3. The van der Waals surface area contributed by atoms with Crippen LogP contribution in [0.15, 0.2) is 48.5 Å². The highest BCUT2D eigenvalue weighted by Gasteiger charge is 2.22. The molecule has 0 spiro atoms. The van der Waals surface area contributed by atoms with Crippen molar-refractivity contribution in [3.8, 4) is 0 Å². The van der Waals surface area contributed by atoms with Crippen molar-refractivity contribution in [2.24, 2.45) is 0 Å². The van der Waals surface area contributed by atoms with Crippen LogP contribution in [0.3, 0.4) is 0 Å². The molecule has 0 unspecified atom stereocenters. The molecule has 0 bridgehead atoms. The molecule has 10 heteroatoms. The SMILES string of the molecule is O=C(NCCC(=O)N1CCN(c2ccccc2)CC1)c1n[nH]c2ccc([N+](=O)[O-])cc12. The van der Waals surface area contributed by atoms with Crippen LogP contribution < -0.4 is 10.2 Å². The lowest BCUT2D eigenvalue weighted by Crippen LogP contribution is -2.49. The van der Waals surface area contributed by atoms with Gasteiger partial charge in [0.1, 0.15) is 0 Å². The highest BCUT2D eigenvalue weighted by molar-refractivity contribution is 6.05. The normalized spacial score (nSPS) is 13.9. The number of aromatic amines is 1. The molecule has 2 amide bonds. The van der Waals surface area contributed by atoms with E-state index < -0.39 is 10.8 Å². The van der Waals surface area contributed by atoms with Crippen LogP contribution in [0.25, 0.3) is 10.9 Å². The number of hydrogen-bond acceptors (Lipinski definition) is 6. The van der Waals surface area contributed by atoms with Crippen molar-refractivity contribution >= 4 is 34.1 Å². The van der Waals surface area contributed by atoms with Crippen LogP contribution in [0.2, 0.25) is 0 Å². The first-order chi connectivity index (χ1) is 15.0. The number of amides is 2. The minimum Gasteiger partial charge on any atom is -0.368 e. The number of nitro benzene ring substituents is 1. The summed E-state index contributed by atoms with van der Waals surface area (Å²) in [6.45, 7) is 2.96. The lowest BCUT2D eigenvalue weighted by atomic mass is 10.2. The summed E-state index contributed by atoms with van der Waals surface area (Å²) < 4.78 is 0. The highest BCUT2D eigenvalue weighted by atomic mass is 16.6. The lowest BCUT2D eigenvalue weighted by Gasteiger charge is -2.36. The first-order valence-corrected chi connectivity index (χ1v) is 10.0. The van der Waals surface area contributed by atoms with Gasteiger partial charge in [-0.1, -0.05) is 18.2 Å². The number of carbonyl (C=O) groups excluding carboxylic acids is 2. The number of nitro groups is 1. The number of piperazine rings is 1. The molecular weight excluding hydrogens is 400 g/mol. The van der Waals surface area contributed by atoms with E-state index in [4.69, 9.17) is 0 Å². The molecule has 1 aliphatic heterocycles. The number of nitrogens with one attached hydrogen (secondary N) is 2. The van der Waals surface area contributed by atoms with Crippen molar-refractivity contribution in [2.75, 3.05) is 37.6 Å². The van der Waals surface area contributed by atoms with Crippen LogP contribution in [0, 0.1) is 10.1 Å². The zero-order valence-corrected chi connectivity index (χ0v) is 16.8. The van der Waals surface area contributed by atoms with E-state index in [1.807, 2.05) is 18.2 Å². The summed E-state index contributed by atoms with van der Waals surface area (Å²) in [6, 6.07) is 14.2. The Balaban J connectivity index is 1.28. The fourth-order valence-electron chi connectivity index (χ4n) is 3.67. The summed E-state index contributed by atoms with van der Waals surface area (Å²) >= 11 is 0. The number of anilines is 1.